The topological polar surface area (TPSA) is 46.6 Å². The average molecular weight is 347 g/mol. The molecule has 0 spiro atoms. The summed E-state index contributed by atoms with van der Waals surface area (Å²) < 4.78 is 5.13. The van der Waals surface area contributed by atoms with Gasteiger partial charge in [0.25, 0.3) is 0 Å². The number of ether oxygens (including phenoxy) is 1. The molecule has 3 aliphatic carbocycles. The minimum Gasteiger partial charge on any atom is -0.469 e. The quantitative estimate of drug-likeness (QED) is 0.680. The number of amides is 1. The lowest BCUT2D eigenvalue weighted by molar-refractivity contribution is -0.164. The third-order valence-corrected chi connectivity index (χ3v) is 9.04. The molecule has 4 heteroatoms. The SMILES string of the molecule is COC(=O)[C@H]1CC[C@H]2C3CC[C@H]4N(C)C(=O)CC[C@]4(C)C3CC[C@]12C. The van der Waals surface area contributed by atoms with Crippen molar-refractivity contribution >= 4 is 11.9 Å². The molecule has 0 aromatic carbocycles. The maximum Gasteiger partial charge on any atom is 0.309 e. The molecule has 1 saturated heterocycles. The van der Waals surface area contributed by atoms with E-state index >= 15 is 0 Å². The van der Waals surface area contributed by atoms with Crippen LogP contribution >= 0.6 is 0 Å². The maximum absolute atomic E-state index is 12.3. The lowest BCUT2D eigenvalue weighted by Crippen LogP contribution is -2.61. The lowest BCUT2D eigenvalue weighted by Gasteiger charge is -2.61. The van der Waals surface area contributed by atoms with Gasteiger partial charge in [-0.2, -0.15) is 0 Å². The van der Waals surface area contributed by atoms with E-state index in [0.29, 0.717) is 30.2 Å². The summed E-state index contributed by atoms with van der Waals surface area (Å²) in [4.78, 5) is 26.6. The van der Waals surface area contributed by atoms with Crippen LogP contribution in [0, 0.1) is 34.5 Å². The molecule has 0 radical (unpaired) electrons. The Morgan fingerprint density at radius 2 is 1.76 bits per heavy atom. The van der Waals surface area contributed by atoms with Crippen molar-refractivity contribution in [3.05, 3.63) is 0 Å². The van der Waals surface area contributed by atoms with Crippen molar-refractivity contribution in [3.8, 4) is 0 Å². The molecule has 1 heterocycles. The number of rotatable bonds is 1. The van der Waals surface area contributed by atoms with Crippen molar-refractivity contribution in [3.63, 3.8) is 0 Å². The summed E-state index contributed by atoms with van der Waals surface area (Å²) in [6.07, 6.45) is 8.62. The number of piperidine rings is 1. The van der Waals surface area contributed by atoms with Crippen LogP contribution in [-0.2, 0) is 14.3 Å². The average Bonchev–Trinajstić information content (AvgIpc) is 2.95. The smallest absolute Gasteiger partial charge is 0.309 e. The Morgan fingerprint density at radius 1 is 1.04 bits per heavy atom. The number of fused-ring (bicyclic) bond motifs is 5. The predicted octanol–water partition coefficient (Wildman–Crippen LogP) is 3.64. The Labute approximate surface area is 151 Å². The van der Waals surface area contributed by atoms with Crippen LogP contribution in [0.15, 0.2) is 0 Å². The molecule has 2 unspecified atom stereocenters. The number of carbonyl (C=O) groups is 2. The number of esters is 1. The van der Waals surface area contributed by atoms with Gasteiger partial charge in [0.05, 0.1) is 13.0 Å². The van der Waals surface area contributed by atoms with Gasteiger partial charge in [-0.3, -0.25) is 9.59 Å². The van der Waals surface area contributed by atoms with E-state index in [1.54, 1.807) is 0 Å². The van der Waals surface area contributed by atoms with Crippen LogP contribution in [0.2, 0.25) is 0 Å². The zero-order valence-corrected chi connectivity index (χ0v) is 16.2. The lowest BCUT2D eigenvalue weighted by atomic mass is 9.47. The van der Waals surface area contributed by atoms with E-state index in [1.807, 2.05) is 7.05 Å². The van der Waals surface area contributed by atoms with E-state index in [0.717, 1.165) is 31.6 Å². The molecule has 0 N–H and O–H groups in total. The molecule has 0 aromatic rings. The van der Waals surface area contributed by atoms with Gasteiger partial charge in [0.15, 0.2) is 0 Å². The standard InChI is InChI=1S/C21H33NO3/c1-20-11-9-15-13(14(20)6-7-16(20)19(24)25-4)5-8-17-21(15,2)12-10-18(23)22(17)3/h13-17H,5-12H2,1-4H3/t13?,14-,15?,16+,17+,20-,21+/m0/s1. The second-order valence-corrected chi connectivity index (χ2v) is 9.68. The van der Waals surface area contributed by atoms with Gasteiger partial charge < -0.3 is 9.64 Å². The van der Waals surface area contributed by atoms with Crippen LogP contribution in [0.3, 0.4) is 0 Å². The fourth-order valence-corrected chi connectivity index (χ4v) is 7.68. The van der Waals surface area contributed by atoms with Crippen LogP contribution < -0.4 is 0 Å². The summed E-state index contributed by atoms with van der Waals surface area (Å²) in [6.45, 7) is 4.81. The number of nitrogens with zero attached hydrogens (tertiary/aromatic N) is 1. The third kappa shape index (κ3) is 2.24. The van der Waals surface area contributed by atoms with E-state index in [2.05, 4.69) is 18.7 Å². The Morgan fingerprint density at radius 3 is 2.48 bits per heavy atom. The molecule has 7 atom stereocenters. The third-order valence-electron chi connectivity index (χ3n) is 9.04. The first kappa shape index (κ1) is 17.4. The molecule has 4 aliphatic rings. The molecule has 0 aromatic heterocycles. The fourth-order valence-electron chi connectivity index (χ4n) is 7.68. The van der Waals surface area contributed by atoms with Crippen molar-refractivity contribution in [2.45, 2.75) is 71.3 Å². The fraction of sp³-hybridized carbons (Fsp3) is 0.905. The van der Waals surface area contributed by atoms with Crippen molar-refractivity contribution in [2.24, 2.45) is 34.5 Å². The Bertz CT molecular complexity index is 590. The minimum absolute atomic E-state index is 0.00587. The van der Waals surface area contributed by atoms with Crippen LogP contribution in [0.5, 0.6) is 0 Å². The van der Waals surface area contributed by atoms with E-state index < -0.39 is 0 Å². The Hall–Kier alpha value is -1.06. The molecular formula is C21H33NO3. The minimum atomic E-state index is 0.00587. The zero-order chi connectivity index (χ0) is 18.0. The highest BCUT2D eigenvalue weighted by atomic mass is 16.5. The monoisotopic (exact) mass is 347 g/mol. The van der Waals surface area contributed by atoms with E-state index in [4.69, 9.17) is 4.74 Å². The highest BCUT2D eigenvalue weighted by Crippen LogP contribution is 2.66. The van der Waals surface area contributed by atoms with Gasteiger partial charge in [-0.25, -0.2) is 0 Å². The highest BCUT2D eigenvalue weighted by molar-refractivity contribution is 5.77. The van der Waals surface area contributed by atoms with Crippen molar-refractivity contribution in [1.82, 2.24) is 4.90 Å². The first-order valence-corrected chi connectivity index (χ1v) is 10.2. The number of hydrogen-bond acceptors (Lipinski definition) is 3. The number of carbonyl (C=O) groups excluding carboxylic acids is 2. The summed E-state index contributed by atoms with van der Waals surface area (Å²) in [7, 11) is 3.55. The van der Waals surface area contributed by atoms with Crippen LogP contribution in [-0.4, -0.2) is 37.0 Å². The second kappa shape index (κ2) is 5.72. The molecule has 4 nitrogen and oxygen atoms in total. The van der Waals surface area contributed by atoms with E-state index in [-0.39, 0.29) is 22.7 Å². The second-order valence-electron chi connectivity index (χ2n) is 9.68. The van der Waals surface area contributed by atoms with E-state index in [9.17, 15) is 9.59 Å². The predicted molar refractivity (Wildman–Crippen MR) is 95.7 cm³/mol. The van der Waals surface area contributed by atoms with Gasteiger partial charge in [0.1, 0.15) is 0 Å². The van der Waals surface area contributed by atoms with Gasteiger partial charge in [-0.05, 0) is 73.5 Å². The summed E-state index contributed by atoms with van der Waals surface area (Å²) >= 11 is 0. The van der Waals surface area contributed by atoms with Gasteiger partial charge in [0.2, 0.25) is 5.91 Å². The molecule has 4 fully saturated rings. The molecular weight excluding hydrogens is 314 g/mol. The molecule has 3 saturated carbocycles. The maximum atomic E-state index is 12.3. The molecule has 1 aliphatic heterocycles. The summed E-state index contributed by atoms with van der Waals surface area (Å²) in [5, 5.41) is 0. The first-order valence-electron chi connectivity index (χ1n) is 10.2. The number of hydrogen-bond donors (Lipinski definition) is 0. The first-order chi connectivity index (χ1) is 11.8. The van der Waals surface area contributed by atoms with E-state index in [1.165, 1.54) is 26.4 Å². The van der Waals surface area contributed by atoms with Gasteiger partial charge >= 0.3 is 5.97 Å². The van der Waals surface area contributed by atoms with Gasteiger partial charge in [-0.1, -0.05) is 13.8 Å². The molecule has 0 bridgehead atoms. The summed E-state index contributed by atoms with van der Waals surface area (Å²) in [6, 6.07) is 0.414. The van der Waals surface area contributed by atoms with Crippen LogP contribution in [0.25, 0.3) is 0 Å². The van der Waals surface area contributed by atoms with Gasteiger partial charge in [-0.15, -0.1) is 0 Å². The van der Waals surface area contributed by atoms with Gasteiger partial charge in [0, 0.05) is 19.5 Å². The largest absolute Gasteiger partial charge is 0.469 e. The summed E-state index contributed by atoms with van der Waals surface area (Å²) in [5.74, 6) is 2.49. The van der Waals surface area contributed by atoms with Crippen molar-refractivity contribution in [2.75, 3.05) is 14.2 Å². The van der Waals surface area contributed by atoms with Crippen molar-refractivity contribution in [1.29, 1.82) is 0 Å². The Balaban J connectivity index is 1.62. The zero-order valence-electron chi connectivity index (χ0n) is 16.2. The van der Waals surface area contributed by atoms with Crippen molar-refractivity contribution < 1.29 is 14.3 Å². The highest BCUT2D eigenvalue weighted by Gasteiger charge is 2.62. The molecule has 1 amide bonds. The molecule has 140 valence electrons. The Kier molecular flexibility index (Phi) is 3.97. The van der Waals surface area contributed by atoms with Crippen LogP contribution in [0.4, 0.5) is 0 Å². The molecule has 4 rings (SSSR count). The normalized spacial score (nSPS) is 49.2. The summed E-state index contributed by atoms with van der Waals surface area (Å²) in [5.41, 5.74) is 0.379. The number of likely N-dealkylation sites (tertiary alicyclic amines) is 1. The van der Waals surface area contributed by atoms with Crippen LogP contribution in [0.1, 0.15) is 65.2 Å². The molecule has 25 heavy (non-hydrogen) atoms. The number of methoxy groups -OCH3 is 1.